The van der Waals surface area contributed by atoms with Crippen LogP contribution < -0.4 is 9.47 Å². The van der Waals surface area contributed by atoms with E-state index in [1.54, 1.807) is 0 Å². The summed E-state index contributed by atoms with van der Waals surface area (Å²) < 4.78 is 75.6. The number of Topliss-reactive ketones (excluding diaryl/α,β-unsaturated/α-hetero) is 2. The summed E-state index contributed by atoms with van der Waals surface area (Å²) in [5.74, 6) is -3.92. The van der Waals surface area contributed by atoms with Crippen LogP contribution >= 0.6 is 0 Å². The molecule has 0 saturated heterocycles. The normalized spacial score (nSPS) is 14.8. The van der Waals surface area contributed by atoms with E-state index in [4.69, 9.17) is 9.47 Å². The third-order valence-corrected chi connectivity index (χ3v) is 6.20. The van der Waals surface area contributed by atoms with Crippen molar-refractivity contribution in [1.29, 1.82) is 0 Å². The molecule has 182 valence electrons. The number of hydrogen-bond acceptors (Lipinski definition) is 10. The molecule has 10 nitrogen and oxygen atoms in total. The Labute approximate surface area is 191 Å². The first kappa shape index (κ1) is 25.1. The number of aliphatic hydroxyl groups is 1. The maximum Gasteiger partial charge on any atom is 0.433 e. The summed E-state index contributed by atoms with van der Waals surface area (Å²) >= 11 is 0. The Balaban J connectivity index is 2.18. The summed E-state index contributed by atoms with van der Waals surface area (Å²) in [5.41, 5.74) is -3.31. The Morgan fingerprint density at radius 3 is 2.09 bits per heavy atom. The monoisotopic (exact) mass is 501 g/mol. The second-order valence-electron chi connectivity index (χ2n) is 7.11. The zero-order valence-corrected chi connectivity index (χ0v) is 18.7. The van der Waals surface area contributed by atoms with E-state index in [-0.39, 0.29) is 31.0 Å². The minimum Gasteiger partial charge on any atom is -0.506 e. The van der Waals surface area contributed by atoms with Gasteiger partial charge in [0, 0.05) is 18.4 Å². The SMILES string of the molecule is COc1cc(OC)nc(S(=O)(=O)Cc2nc(C(F)(F)F)ccc2C(O)=C2C(=O)CCCC2=O)n1. The van der Waals surface area contributed by atoms with Gasteiger partial charge in [-0.25, -0.2) is 13.4 Å². The van der Waals surface area contributed by atoms with Crippen LogP contribution in [-0.2, 0) is 31.4 Å². The fraction of sp³-hybridized carbons (Fsp3) is 0.350. The minimum absolute atomic E-state index is 0.0513. The summed E-state index contributed by atoms with van der Waals surface area (Å²) in [6.45, 7) is 0. The van der Waals surface area contributed by atoms with Crippen molar-refractivity contribution in [3.8, 4) is 11.8 Å². The van der Waals surface area contributed by atoms with Gasteiger partial charge in [0.1, 0.15) is 22.8 Å². The van der Waals surface area contributed by atoms with Gasteiger partial charge in [-0.1, -0.05) is 0 Å². The number of methoxy groups -OCH3 is 2. The largest absolute Gasteiger partial charge is 0.506 e. The first-order valence-electron chi connectivity index (χ1n) is 9.64. The van der Waals surface area contributed by atoms with Crippen molar-refractivity contribution in [2.75, 3.05) is 14.2 Å². The van der Waals surface area contributed by atoms with Crippen molar-refractivity contribution in [1.82, 2.24) is 15.0 Å². The maximum absolute atomic E-state index is 13.3. The molecular formula is C20H18F3N3O7S. The molecule has 1 N–H and O–H groups in total. The number of alkyl halides is 3. The lowest BCUT2D eigenvalue weighted by molar-refractivity contribution is -0.141. The molecule has 2 aromatic heterocycles. The number of rotatable bonds is 6. The fourth-order valence-corrected chi connectivity index (χ4v) is 4.34. The molecule has 1 aliphatic carbocycles. The van der Waals surface area contributed by atoms with Crippen molar-refractivity contribution in [2.45, 2.75) is 36.3 Å². The quantitative estimate of drug-likeness (QED) is 0.271. The fourth-order valence-electron chi connectivity index (χ4n) is 3.18. The van der Waals surface area contributed by atoms with Gasteiger partial charge in [-0.05, 0) is 18.6 Å². The van der Waals surface area contributed by atoms with Crippen molar-refractivity contribution < 1.29 is 45.8 Å². The number of allylic oxidation sites excluding steroid dienone is 1. The number of aliphatic hydroxyl groups excluding tert-OH is 1. The number of pyridine rings is 1. The Kier molecular flexibility index (Phi) is 6.91. The lowest BCUT2D eigenvalue weighted by atomic mass is 9.89. The number of nitrogens with zero attached hydrogens (tertiary/aromatic N) is 3. The van der Waals surface area contributed by atoms with Crippen LogP contribution in [0.3, 0.4) is 0 Å². The number of carbonyl (C=O) groups excluding carboxylic acids is 2. The van der Waals surface area contributed by atoms with Gasteiger partial charge in [0.25, 0.3) is 5.16 Å². The van der Waals surface area contributed by atoms with Crippen molar-refractivity contribution in [3.05, 3.63) is 40.7 Å². The molecule has 1 fully saturated rings. The Hall–Kier alpha value is -3.55. The highest BCUT2D eigenvalue weighted by Gasteiger charge is 2.36. The summed E-state index contributed by atoms with van der Waals surface area (Å²) in [4.78, 5) is 35.2. The van der Waals surface area contributed by atoms with Crippen LogP contribution in [0.15, 0.2) is 28.9 Å². The maximum atomic E-state index is 13.3. The van der Waals surface area contributed by atoms with Gasteiger partial charge in [-0.2, -0.15) is 23.1 Å². The molecule has 0 radical (unpaired) electrons. The summed E-state index contributed by atoms with van der Waals surface area (Å²) in [7, 11) is -2.17. The lowest BCUT2D eigenvalue weighted by Crippen LogP contribution is -2.21. The first-order valence-corrected chi connectivity index (χ1v) is 11.3. The third kappa shape index (κ3) is 5.16. The number of ketones is 2. The number of sulfone groups is 1. The minimum atomic E-state index is -4.94. The van der Waals surface area contributed by atoms with E-state index in [1.807, 2.05) is 0 Å². The van der Waals surface area contributed by atoms with E-state index < -0.39 is 66.8 Å². The first-order chi connectivity index (χ1) is 15.9. The Morgan fingerprint density at radius 2 is 1.59 bits per heavy atom. The molecule has 2 aromatic rings. The molecule has 1 aliphatic rings. The van der Waals surface area contributed by atoms with E-state index in [0.717, 1.165) is 6.07 Å². The highest BCUT2D eigenvalue weighted by Crippen LogP contribution is 2.32. The van der Waals surface area contributed by atoms with Crippen LogP contribution in [0.5, 0.6) is 11.8 Å². The molecule has 3 rings (SSSR count). The molecule has 0 atom stereocenters. The average molecular weight is 501 g/mol. The van der Waals surface area contributed by atoms with Gasteiger partial charge in [0.15, 0.2) is 11.6 Å². The average Bonchev–Trinajstić information content (AvgIpc) is 2.77. The Bertz CT molecular complexity index is 1250. The third-order valence-electron chi connectivity index (χ3n) is 4.80. The molecule has 0 amide bonds. The van der Waals surface area contributed by atoms with Gasteiger partial charge in [0.2, 0.25) is 21.6 Å². The lowest BCUT2D eigenvalue weighted by Gasteiger charge is -2.17. The smallest absolute Gasteiger partial charge is 0.433 e. The van der Waals surface area contributed by atoms with E-state index in [0.29, 0.717) is 6.07 Å². The summed E-state index contributed by atoms with van der Waals surface area (Å²) in [5, 5.41) is 9.82. The van der Waals surface area contributed by atoms with E-state index in [1.165, 1.54) is 20.3 Å². The molecular weight excluding hydrogens is 483 g/mol. The van der Waals surface area contributed by atoms with Crippen LogP contribution in [-0.4, -0.2) is 54.3 Å². The van der Waals surface area contributed by atoms with Crippen LogP contribution in [0.4, 0.5) is 13.2 Å². The molecule has 1 saturated carbocycles. The summed E-state index contributed by atoms with van der Waals surface area (Å²) in [6.07, 6.45) is -4.78. The zero-order chi connectivity index (χ0) is 25.3. The van der Waals surface area contributed by atoms with Gasteiger partial charge in [-0.15, -0.1) is 0 Å². The molecule has 0 unspecified atom stereocenters. The predicted octanol–water partition coefficient (Wildman–Crippen LogP) is 2.47. The van der Waals surface area contributed by atoms with E-state index in [2.05, 4.69) is 15.0 Å². The molecule has 0 bridgehead atoms. The van der Waals surface area contributed by atoms with Crippen molar-refractivity contribution in [2.24, 2.45) is 0 Å². The molecule has 2 heterocycles. The van der Waals surface area contributed by atoms with Crippen molar-refractivity contribution in [3.63, 3.8) is 0 Å². The van der Waals surface area contributed by atoms with Crippen molar-refractivity contribution >= 4 is 27.2 Å². The van der Waals surface area contributed by atoms with Gasteiger partial charge < -0.3 is 14.6 Å². The second-order valence-corrected chi connectivity index (χ2v) is 8.99. The highest BCUT2D eigenvalue weighted by atomic mass is 32.2. The van der Waals surface area contributed by atoms with Crippen LogP contribution in [0.2, 0.25) is 0 Å². The topological polar surface area (TPSA) is 146 Å². The van der Waals surface area contributed by atoms with E-state index in [9.17, 15) is 36.3 Å². The van der Waals surface area contributed by atoms with Crippen LogP contribution in [0, 0.1) is 0 Å². The van der Waals surface area contributed by atoms with Gasteiger partial charge in [-0.3, -0.25) is 9.59 Å². The van der Waals surface area contributed by atoms with Gasteiger partial charge >= 0.3 is 6.18 Å². The number of aromatic nitrogens is 3. The second kappa shape index (κ2) is 9.37. The Morgan fingerprint density at radius 1 is 1.03 bits per heavy atom. The van der Waals surface area contributed by atoms with Crippen LogP contribution in [0.25, 0.3) is 5.76 Å². The zero-order valence-electron chi connectivity index (χ0n) is 17.8. The predicted molar refractivity (Wildman–Crippen MR) is 109 cm³/mol. The van der Waals surface area contributed by atoms with Crippen LogP contribution in [0.1, 0.15) is 36.2 Å². The number of hydrogen-bond donors (Lipinski definition) is 1. The number of halogens is 3. The standard InChI is InChI=1S/C20H18F3N3O7S/c1-32-15-8-16(33-2)26-19(25-15)34(30,31)9-11-10(6-7-14(24-11)20(21,22)23)18(29)17-12(27)4-3-5-13(17)28/h6-8,29H,3-5,9H2,1-2H3. The highest BCUT2D eigenvalue weighted by molar-refractivity contribution is 7.90. The number of carbonyl (C=O) groups is 2. The molecule has 14 heteroatoms. The van der Waals surface area contributed by atoms with E-state index >= 15 is 0 Å². The molecule has 34 heavy (non-hydrogen) atoms. The van der Waals surface area contributed by atoms with Gasteiger partial charge in [0.05, 0.1) is 26.0 Å². The summed E-state index contributed by atoms with van der Waals surface area (Å²) in [6, 6.07) is 2.44. The number of ether oxygens (including phenoxy) is 2. The molecule has 0 spiro atoms. The molecule has 0 aliphatic heterocycles. The molecule has 0 aromatic carbocycles.